The lowest BCUT2D eigenvalue weighted by Crippen LogP contribution is -2.39. The third-order valence-corrected chi connectivity index (χ3v) is 4.08. The third-order valence-electron chi connectivity index (χ3n) is 4.08. The third kappa shape index (κ3) is 1.06. The van der Waals surface area contributed by atoms with Gasteiger partial charge in [-0.1, -0.05) is 12.2 Å². The fourth-order valence-corrected chi connectivity index (χ4v) is 3.42. The highest BCUT2D eigenvalue weighted by Crippen LogP contribution is 2.41. The van der Waals surface area contributed by atoms with Crippen LogP contribution in [0, 0.1) is 11.8 Å². The standard InChI is InChI=1S/C12H17NO/c14-12-10-6-2-1-5-9(10)11-7-3-4-8-13(11)12/h2,6,9-11H,1,3-5,7-8H2/t9-,10+,11-/m1/s1. The quantitative estimate of drug-likeness (QED) is 0.536. The Kier molecular flexibility index (Phi) is 1.89. The van der Waals surface area contributed by atoms with Crippen molar-refractivity contribution >= 4 is 5.91 Å². The highest BCUT2D eigenvalue weighted by atomic mass is 16.2. The molecule has 2 nitrogen and oxygen atoms in total. The van der Waals surface area contributed by atoms with Crippen molar-refractivity contribution in [3.8, 4) is 0 Å². The fourth-order valence-electron chi connectivity index (χ4n) is 3.42. The van der Waals surface area contributed by atoms with Crippen LogP contribution >= 0.6 is 0 Å². The minimum atomic E-state index is 0.242. The molecule has 2 saturated heterocycles. The van der Waals surface area contributed by atoms with Crippen LogP contribution in [0.1, 0.15) is 32.1 Å². The van der Waals surface area contributed by atoms with E-state index >= 15 is 0 Å². The van der Waals surface area contributed by atoms with Crippen LogP contribution in [0.25, 0.3) is 0 Å². The summed E-state index contributed by atoms with van der Waals surface area (Å²) >= 11 is 0. The van der Waals surface area contributed by atoms with Crippen molar-refractivity contribution < 1.29 is 4.79 Å². The predicted octanol–water partition coefficient (Wildman–Crippen LogP) is 1.96. The van der Waals surface area contributed by atoms with Crippen molar-refractivity contribution in [3.63, 3.8) is 0 Å². The first kappa shape index (κ1) is 8.51. The average Bonchev–Trinajstić information content (AvgIpc) is 2.55. The number of carbonyl (C=O) groups is 1. The van der Waals surface area contributed by atoms with Gasteiger partial charge < -0.3 is 4.90 Å². The van der Waals surface area contributed by atoms with E-state index in [1.165, 1.54) is 32.1 Å². The van der Waals surface area contributed by atoms with E-state index in [-0.39, 0.29) is 5.92 Å². The highest BCUT2D eigenvalue weighted by molar-refractivity contribution is 5.84. The van der Waals surface area contributed by atoms with Crippen LogP contribution in [0.3, 0.4) is 0 Å². The zero-order chi connectivity index (χ0) is 9.54. The lowest BCUT2D eigenvalue weighted by atomic mass is 9.80. The van der Waals surface area contributed by atoms with Crippen molar-refractivity contribution in [1.29, 1.82) is 0 Å². The number of rotatable bonds is 0. The molecule has 0 bridgehead atoms. The normalized spacial score (nSPS) is 41.0. The number of carbonyl (C=O) groups excluding carboxylic acids is 1. The van der Waals surface area contributed by atoms with Crippen LogP contribution in [0.2, 0.25) is 0 Å². The second-order valence-electron chi connectivity index (χ2n) is 4.79. The molecule has 1 aliphatic carbocycles. The number of piperidine rings is 1. The minimum Gasteiger partial charge on any atom is -0.339 e. The Bertz CT molecular complexity index is 284. The van der Waals surface area contributed by atoms with Gasteiger partial charge in [0.1, 0.15) is 0 Å². The van der Waals surface area contributed by atoms with Gasteiger partial charge in [0, 0.05) is 12.6 Å². The van der Waals surface area contributed by atoms with Crippen LogP contribution in [0.15, 0.2) is 12.2 Å². The second-order valence-corrected chi connectivity index (χ2v) is 4.79. The molecule has 3 atom stereocenters. The van der Waals surface area contributed by atoms with E-state index in [1.54, 1.807) is 0 Å². The molecule has 0 radical (unpaired) electrons. The number of nitrogens with zero attached hydrogens (tertiary/aromatic N) is 1. The summed E-state index contributed by atoms with van der Waals surface area (Å²) in [7, 11) is 0. The lowest BCUT2D eigenvalue weighted by Gasteiger charge is -2.32. The highest BCUT2D eigenvalue weighted by Gasteiger charge is 2.47. The molecule has 3 aliphatic rings. The fraction of sp³-hybridized carbons (Fsp3) is 0.750. The smallest absolute Gasteiger partial charge is 0.230 e. The summed E-state index contributed by atoms with van der Waals surface area (Å²) in [4.78, 5) is 14.2. The maximum absolute atomic E-state index is 12.0. The molecule has 14 heavy (non-hydrogen) atoms. The Labute approximate surface area is 85.0 Å². The van der Waals surface area contributed by atoms with E-state index in [0.29, 0.717) is 17.9 Å². The zero-order valence-electron chi connectivity index (χ0n) is 8.48. The molecule has 3 rings (SSSR count). The van der Waals surface area contributed by atoms with Gasteiger partial charge in [-0.05, 0) is 38.0 Å². The van der Waals surface area contributed by atoms with Gasteiger partial charge in [0.05, 0.1) is 5.92 Å². The first-order valence-corrected chi connectivity index (χ1v) is 5.85. The molecule has 1 amide bonds. The number of allylic oxidation sites excluding steroid dienone is 1. The maximum atomic E-state index is 12.0. The summed E-state index contributed by atoms with van der Waals surface area (Å²) in [5.41, 5.74) is 0. The number of hydrogen-bond acceptors (Lipinski definition) is 1. The summed E-state index contributed by atoms with van der Waals surface area (Å²) < 4.78 is 0. The predicted molar refractivity (Wildman–Crippen MR) is 54.7 cm³/mol. The molecule has 0 aromatic heterocycles. The molecule has 0 spiro atoms. The molecular formula is C12H17NO. The molecule has 2 heteroatoms. The van der Waals surface area contributed by atoms with Crippen molar-refractivity contribution in [1.82, 2.24) is 4.90 Å². The summed E-state index contributed by atoms with van der Waals surface area (Å²) in [5, 5.41) is 0. The van der Waals surface area contributed by atoms with Crippen LogP contribution in [0.4, 0.5) is 0 Å². The first-order valence-electron chi connectivity index (χ1n) is 5.85. The molecule has 0 saturated carbocycles. The first-order chi connectivity index (χ1) is 6.88. The molecule has 76 valence electrons. The van der Waals surface area contributed by atoms with Crippen molar-refractivity contribution in [2.45, 2.75) is 38.1 Å². The van der Waals surface area contributed by atoms with Gasteiger partial charge in [0.2, 0.25) is 5.91 Å². The summed E-state index contributed by atoms with van der Waals surface area (Å²) in [6.45, 7) is 1.02. The van der Waals surface area contributed by atoms with Gasteiger partial charge in [-0.15, -0.1) is 0 Å². The van der Waals surface area contributed by atoms with Gasteiger partial charge in [0.25, 0.3) is 0 Å². The zero-order valence-corrected chi connectivity index (χ0v) is 8.48. The summed E-state index contributed by atoms with van der Waals surface area (Å²) in [5.74, 6) is 1.30. The molecular weight excluding hydrogens is 174 g/mol. The largest absolute Gasteiger partial charge is 0.339 e. The Morgan fingerprint density at radius 3 is 3.14 bits per heavy atom. The Morgan fingerprint density at radius 2 is 2.21 bits per heavy atom. The lowest BCUT2D eigenvalue weighted by molar-refractivity contribution is -0.131. The van der Waals surface area contributed by atoms with Gasteiger partial charge in [-0.2, -0.15) is 0 Å². The van der Waals surface area contributed by atoms with Gasteiger partial charge in [-0.3, -0.25) is 4.79 Å². The molecule has 0 unspecified atom stereocenters. The minimum absolute atomic E-state index is 0.242. The van der Waals surface area contributed by atoms with Gasteiger partial charge in [0.15, 0.2) is 0 Å². The molecule has 0 aromatic rings. The van der Waals surface area contributed by atoms with E-state index in [1.807, 2.05) is 0 Å². The molecule has 2 aliphatic heterocycles. The average molecular weight is 191 g/mol. The molecule has 0 N–H and O–H groups in total. The van der Waals surface area contributed by atoms with Crippen molar-refractivity contribution in [2.75, 3.05) is 6.54 Å². The summed E-state index contributed by atoms with van der Waals surface area (Å²) in [6, 6.07) is 0.589. The van der Waals surface area contributed by atoms with Crippen LogP contribution in [-0.4, -0.2) is 23.4 Å². The summed E-state index contributed by atoms with van der Waals surface area (Å²) in [6.07, 6.45) is 10.5. The van der Waals surface area contributed by atoms with Crippen molar-refractivity contribution in [2.24, 2.45) is 11.8 Å². The number of hydrogen-bond donors (Lipinski definition) is 0. The van der Waals surface area contributed by atoms with E-state index in [9.17, 15) is 4.79 Å². The number of amides is 1. The van der Waals surface area contributed by atoms with Gasteiger partial charge >= 0.3 is 0 Å². The van der Waals surface area contributed by atoms with Crippen LogP contribution in [0.5, 0.6) is 0 Å². The monoisotopic (exact) mass is 191 g/mol. The van der Waals surface area contributed by atoms with E-state index in [2.05, 4.69) is 17.1 Å². The molecule has 0 aromatic carbocycles. The second kappa shape index (κ2) is 3.11. The maximum Gasteiger partial charge on any atom is 0.230 e. The van der Waals surface area contributed by atoms with Crippen molar-refractivity contribution in [3.05, 3.63) is 12.2 Å². The topological polar surface area (TPSA) is 20.3 Å². The van der Waals surface area contributed by atoms with Crippen LogP contribution in [-0.2, 0) is 4.79 Å². The molecule has 2 fully saturated rings. The van der Waals surface area contributed by atoms with Crippen LogP contribution < -0.4 is 0 Å². The molecule has 2 heterocycles. The van der Waals surface area contributed by atoms with E-state index in [4.69, 9.17) is 0 Å². The van der Waals surface area contributed by atoms with Gasteiger partial charge in [-0.25, -0.2) is 0 Å². The van der Waals surface area contributed by atoms with E-state index < -0.39 is 0 Å². The number of fused-ring (bicyclic) bond motifs is 3. The Hall–Kier alpha value is -0.790. The van der Waals surface area contributed by atoms with E-state index in [0.717, 1.165) is 6.54 Å². The Balaban J connectivity index is 1.92. The SMILES string of the molecule is O=C1[C@H]2C=CCC[C@H]2[C@H]2CCCCN12. The Morgan fingerprint density at radius 1 is 1.29 bits per heavy atom.